The van der Waals surface area contributed by atoms with Crippen molar-refractivity contribution in [1.29, 1.82) is 0 Å². The van der Waals surface area contributed by atoms with E-state index in [1.54, 1.807) is 48.7 Å². The molecule has 29 heavy (non-hydrogen) atoms. The Balaban J connectivity index is 0.000000200. The standard InChI is InChI=1S/C11H6F2N.C9H7NO3S.Ir/c12-8-4-5-9(10(13)7-8)11-3-1-2-6-14-11;11-14(12,13)8-5-1-3-7-4-2-6-10-9(7)8;/h1-4,6-7H;1-6H,(H,11,12,13);/q-1;;. The number of hydrogen-bond acceptors (Lipinski definition) is 4. The first-order valence-corrected chi connectivity index (χ1v) is 9.39. The maximum Gasteiger partial charge on any atom is 0.296 e. The van der Waals surface area contributed by atoms with Crippen molar-refractivity contribution in [3.05, 3.63) is 90.8 Å². The summed E-state index contributed by atoms with van der Waals surface area (Å²) < 4.78 is 56.6. The maximum absolute atomic E-state index is 13.2. The van der Waals surface area contributed by atoms with Gasteiger partial charge in [0.1, 0.15) is 4.90 Å². The van der Waals surface area contributed by atoms with E-state index in [4.69, 9.17) is 4.55 Å². The van der Waals surface area contributed by atoms with Crippen LogP contribution in [0.1, 0.15) is 0 Å². The molecule has 2 aromatic heterocycles. The molecule has 2 heterocycles. The quantitative estimate of drug-likeness (QED) is 0.278. The number of hydrogen-bond donors (Lipinski definition) is 1. The second kappa shape index (κ2) is 9.75. The molecule has 5 nitrogen and oxygen atoms in total. The fraction of sp³-hybridized carbons (Fsp3) is 0. The molecule has 0 fully saturated rings. The Morgan fingerprint density at radius 3 is 2.31 bits per heavy atom. The van der Waals surface area contributed by atoms with Crippen LogP contribution in [0, 0.1) is 17.7 Å². The van der Waals surface area contributed by atoms with Gasteiger partial charge in [0.2, 0.25) is 0 Å². The van der Waals surface area contributed by atoms with Crippen LogP contribution in [-0.4, -0.2) is 22.9 Å². The van der Waals surface area contributed by atoms with E-state index in [1.165, 1.54) is 12.3 Å². The molecule has 9 heteroatoms. The van der Waals surface area contributed by atoms with E-state index in [2.05, 4.69) is 16.0 Å². The van der Waals surface area contributed by atoms with Gasteiger partial charge in [-0.2, -0.15) is 8.42 Å². The van der Waals surface area contributed by atoms with Gasteiger partial charge in [-0.1, -0.05) is 42.0 Å². The fourth-order valence-corrected chi connectivity index (χ4v) is 3.10. The van der Waals surface area contributed by atoms with Gasteiger partial charge in [-0.05, 0) is 23.9 Å². The summed E-state index contributed by atoms with van der Waals surface area (Å²) in [7, 11) is -4.19. The predicted octanol–water partition coefficient (Wildman–Crippen LogP) is 4.31. The zero-order valence-electron chi connectivity index (χ0n) is 14.6. The molecule has 4 aromatic rings. The molecule has 0 saturated carbocycles. The second-order valence-electron chi connectivity index (χ2n) is 5.56. The Hall–Kier alpha value is -2.58. The molecule has 0 unspecified atom stereocenters. The van der Waals surface area contributed by atoms with Gasteiger partial charge in [0.05, 0.1) is 5.52 Å². The second-order valence-corrected chi connectivity index (χ2v) is 6.95. The molecule has 1 N–H and O–H groups in total. The molecule has 4 rings (SSSR count). The van der Waals surface area contributed by atoms with Crippen molar-refractivity contribution >= 4 is 21.0 Å². The number of pyridine rings is 2. The molecular weight excluding hydrogens is 579 g/mol. The van der Waals surface area contributed by atoms with E-state index in [0.717, 1.165) is 12.1 Å². The van der Waals surface area contributed by atoms with Gasteiger partial charge in [0.15, 0.2) is 0 Å². The predicted molar refractivity (Wildman–Crippen MR) is 100.0 cm³/mol. The van der Waals surface area contributed by atoms with E-state index in [1.807, 2.05) is 0 Å². The van der Waals surface area contributed by atoms with Crippen molar-refractivity contribution in [3.63, 3.8) is 0 Å². The molecule has 0 spiro atoms. The van der Waals surface area contributed by atoms with Crippen LogP contribution in [0.4, 0.5) is 8.78 Å². The van der Waals surface area contributed by atoms with E-state index < -0.39 is 21.8 Å². The van der Waals surface area contributed by atoms with E-state index in [-0.39, 0.29) is 36.1 Å². The number of aromatic nitrogens is 2. The molecule has 151 valence electrons. The summed E-state index contributed by atoms with van der Waals surface area (Å²) in [6, 6.07) is 17.6. The van der Waals surface area contributed by atoms with Gasteiger partial charge in [0.25, 0.3) is 10.1 Å². The minimum absolute atomic E-state index is 0. The zero-order chi connectivity index (χ0) is 20.1. The Bertz CT molecular complexity index is 1220. The number of rotatable bonds is 2. The van der Waals surface area contributed by atoms with Crippen LogP contribution in [0.5, 0.6) is 0 Å². The van der Waals surface area contributed by atoms with Crippen molar-refractivity contribution in [3.8, 4) is 11.3 Å². The SMILES string of the molecule is Fc1c[c-]c(-c2ccccn2)c(F)c1.O=S(=O)(O)c1cccc2cccnc12.[Ir]. The number of para-hydroxylation sites is 1. The normalized spacial score (nSPS) is 10.6. The van der Waals surface area contributed by atoms with Crippen molar-refractivity contribution in [2.75, 3.05) is 0 Å². The largest absolute Gasteiger partial charge is 0.305 e. The van der Waals surface area contributed by atoms with Gasteiger partial charge in [-0.25, -0.2) is 0 Å². The Morgan fingerprint density at radius 1 is 0.931 bits per heavy atom. The Labute approximate surface area is 179 Å². The molecule has 0 atom stereocenters. The smallest absolute Gasteiger partial charge is 0.296 e. The van der Waals surface area contributed by atoms with Crippen LogP contribution in [0.15, 0.2) is 78.0 Å². The fourth-order valence-electron chi connectivity index (χ4n) is 2.44. The van der Waals surface area contributed by atoms with E-state index in [0.29, 0.717) is 11.1 Å². The Morgan fingerprint density at radius 2 is 1.66 bits per heavy atom. The molecule has 0 aliphatic carbocycles. The summed E-state index contributed by atoms with van der Waals surface area (Å²) in [5.41, 5.74) is 0.925. The summed E-state index contributed by atoms with van der Waals surface area (Å²) in [6.45, 7) is 0. The number of benzene rings is 2. The molecule has 1 radical (unpaired) electrons. The van der Waals surface area contributed by atoms with E-state index >= 15 is 0 Å². The average molecular weight is 592 g/mol. The van der Waals surface area contributed by atoms with Crippen LogP contribution in [-0.2, 0) is 30.2 Å². The average Bonchev–Trinajstić information content (AvgIpc) is 2.68. The monoisotopic (exact) mass is 592 g/mol. The van der Waals surface area contributed by atoms with Gasteiger partial charge in [-0.15, -0.1) is 12.1 Å². The minimum atomic E-state index is -4.19. The van der Waals surface area contributed by atoms with Crippen LogP contribution >= 0.6 is 0 Å². The summed E-state index contributed by atoms with van der Waals surface area (Å²) in [5, 5.41) is 0.683. The van der Waals surface area contributed by atoms with Crippen molar-refractivity contribution in [2.45, 2.75) is 4.90 Å². The Kier molecular flexibility index (Phi) is 7.64. The number of fused-ring (bicyclic) bond motifs is 1. The third-order valence-corrected chi connectivity index (χ3v) is 4.54. The summed E-state index contributed by atoms with van der Waals surface area (Å²) in [6.07, 6.45) is 3.03. The van der Waals surface area contributed by atoms with Gasteiger partial charge in [0, 0.05) is 49.5 Å². The van der Waals surface area contributed by atoms with Crippen LogP contribution in [0.2, 0.25) is 0 Å². The maximum atomic E-state index is 13.2. The molecule has 0 amide bonds. The third-order valence-electron chi connectivity index (χ3n) is 3.65. The topological polar surface area (TPSA) is 80.2 Å². The molecule has 0 saturated heterocycles. The summed E-state index contributed by atoms with van der Waals surface area (Å²) >= 11 is 0. The first-order valence-electron chi connectivity index (χ1n) is 7.95. The van der Waals surface area contributed by atoms with Crippen LogP contribution < -0.4 is 0 Å². The molecular formula is C20H13F2IrN2O3S-. The van der Waals surface area contributed by atoms with Crippen molar-refractivity contribution in [1.82, 2.24) is 9.97 Å². The van der Waals surface area contributed by atoms with Crippen LogP contribution in [0.3, 0.4) is 0 Å². The number of nitrogens with zero attached hydrogens (tertiary/aromatic N) is 2. The van der Waals surface area contributed by atoms with Gasteiger partial charge < -0.3 is 4.98 Å². The van der Waals surface area contributed by atoms with Gasteiger partial charge in [-0.3, -0.25) is 18.3 Å². The number of halogens is 2. The summed E-state index contributed by atoms with van der Waals surface area (Å²) in [5.74, 6) is -1.29. The molecule has 2 aromatic carbocycles. The minimum Gasteiger partial charge on any atom is -0.305 e. The van der Waals surface area contributed by atoms with E-state index in [9.17, 15) is 17.2 Å². The first kappa shape index (κ1) is 22.7. The van der Waals surface area contributed by atoms with Crippen molar-refractivity contribution < 1.29 is 41.9 Å². The molecule has 0 aliphatic rings. The van der Waals surface area contributed by atoms with Crippen molar-refractivity contribution in [2.24, 2.45) is 0 Å². The zero-order valence-corrected chi connectivity index (χ0v) is 17.8. The van der Waals surface area contributed by atoms with Gasteiger partial charge >= 0.3 is 0 Å². The molecule has 0 aliphatic heterocycles. The molecule has 0 bridgehead atoms. The first-order chi connectivity index (χ1) is 13.4. The summed E-state index contributed by atoms with van der Waals surface area (Å²) in [4.78, 5) is 7.70. The van der Waals surface area contributed by atoms with Crippen LogP contribution in [0.25, 0.3) is 22.2 Å². The third kappa shape index (κ3) is 5.71.